The fourth-order valence-corrected chi connectivity index (χ4v) is 3.18. The van der Waals surface area contributed by atoms with Crippen molar-refractivity contribution in [3.05, 3.63) is 41.6 Å². The minimum absolute atomic E-state index is 0.184. The second kappa shape index (κ2) is 7.71. The predicted molar refractivity (Wildman–Crippen MR) is 103 cm³/mol. The third-order valence-electron chi connectivity index (χ3n) is 4.10. The average molecular weight is 378 g/mol. The molecule has 0 saturated carbocycles. The number of hydrogen-bond donors (Lipinski definition) is 3. The average Bonchev–Trinajstić information content (AvgIpc) is 2.72. The zero-order valence-corrected chi connectivity index (χ0v) is 15.5. The molecule has 0 bridgehead atoms. The Morgan fingerprint density at radius 2 is 2.08 bits per heavy atom. The number of nitrogens with two attached hydrogens (primary N) is 1. The van der Waals surface area contributed by atoms with Gasteiger partial charge < -0.3 is 15.7 Å². The van der Waals surface area contributed by atoms with E-state index in [0.29, 0.717) is 11.9 Å². The standard InChI is InChI=1S/C16H18N4O.CH4O3S/c1-10-5-3-7-12-14-11(10)6-4-8-13(14)20(2)15(12)16(21)18-9-19-17;1-5(2,3)4/h4,6,8-9H,1,3,5,7,17H2,2H3,(H,18,19,21);1H3,(H,2,3,4). The van der Waals surface area contributed by atoms with Gasteiger partial charge in [0.1, 0.15) is 12.0 Å². The molecule has 1 aliphatic rings. The lowest BCUT2D eigenvalue weighted by molar-refractivity contribution is 0.0970. The second-order valence-corrected chi connectivity index (χ2v) is 7.49. The summed E-state index contributed by atoms with van der Waals surface area (Å²) in [6, 6.07) is 6.14. The third-order valence-corrected chi connectivity index (χ3v) is 4.10. The fourth-order valence-electron chi connectivity index (χ4n) is 3.18. The van der Waals surface area contributed by atoms with Crippen LogP contribution in [0.15, 0.2) is 29.9 Å². The van der Waals surface area contributed by atoms with Gasteiger partial charge in [-0.3, -0.25) is 9.35 Å². The van der Waals surface area contributed by atoms with Crippen molar-refractivity contribution >= 4 is 38.8 Å². The molecular formula is C17H22N4O4S. The smallest absolute Gasteiger partial charge is 0.273 e. The molecule has 0 unspecified atom stereocenters. The minimum atomic E-state index is -3.67. The van der Waals surface area contributed by atoms with Crippen LogP contribution in [-0.2, 0) is 23.6 Å². The minimum Gasteiger partial charge on any atom is -0.339 e. The van der Waals surface area contributed by atoms with Crippen molar-refractivity contribution in [1.82, 2.24) is 9.88 Å². The number of nitrogens with one attached hydrogen (secondary N) is 1. The van der Waals surface area contributed by atoms with Crippen LogP contribution in [0.2, 0.25) is 0 Å². The van der Waals surface area contributed by atoms with Gasteiger partial charge in [-0.1, -0.05) is 18.7 Å². The maximum atomic E-state index is 12.4. The molecule has 4 N–H and O–H groups in total. The Labute approximate surface area is 152 Å². The number of carbonyl (C=O) groups is 1. The zero-order valence-electron chi connectivity index (χ0n) is 14.7. The van der Waals surface area contributed by atoms with Crippen LogP contribution >= 0.6 is 0 Å². The van der Waals surface area contributed by atoms with E-state index >= 15 is 0 Å². The van der Waals surface area contributed by atoms with Crippen molar-refractivity contribution in [1.29, 1.82) is 0 Å². The summed E-state index contributed by atoms with van der Waals surface area (Å²) in [6.07, 6.45) is 4.76. The third kappa shape index (κ3) is 4.30. The van der Waals surface area contributed by atoms with E-state index in [-0.39, 0.29) is 5.91 Å². The molecule has 1 aromatic heterocycles. The van der Waals surface area contributed by atoms with Gasteiger partial charge in [0.05, 0.1) is 6.26 Å². The largest absolute Gasteiger partial charge is 0.339 e. The maximum absolute atomic E-state index is 12.4. The predicted octanol–water partition coefficient (Wildman–Crippen LogP) is 1.66. The fraction of sp³-hybridized carbons (Fsp3) is 0.294. The summed E-state index contributed by atoms with van der Waals surface area (Å²) >= 11 is 0. The number of rotatable bonds is 2. The van der Waals surface area contributed by atoms with Crippen LogP contribution in [0.5, 0.6) is 0 Å². The molecule has 1 aromatic carbocycles. The number of aryl methyl sites for hydroxylation is 2. The monoisotopic (exact) mass is 378 g/mol. The number of carbonyl (C=O) groups excluding carboxylic acids is 1. The molecule has 2 aromatic rings. The Bertz CT molecular complexity index is 982. The van der Waals surface area contributed by atoms with Crippen molar-refractivity contribution in [3.8, 4) is 0 Å². The van der Waals surface area contributed by atoms with Crippen LogP contribution in [0.4, 0.5) is 0 Å². The summed E-state index contributed by atoms with van der Waals surface area (Å²) in [5, 5.41) is 7.07. The number of benzene rings is 1. The van der Waals surface area contributed by atoms with E-state index in [1.54, 1.807) is 0 Å². The maximum Gasteiger partial charge on any atom is 0.273 e. The van der Waals surface area contributed by atoms with Gasteiger partial charge >= 0.3 is 0 Å². The number of amides is 1. The van der Waals surface area contributed by atoms with Crippen molar-refractivity contribution < 1.29 is 17.8 Å². The van der Waals surface area contributed by atoms with E-state index < -0.39 is 10.1 Å². The topological polar surface area (TPSA) is 127 Å². The molecule has 0 saturated heterocycles. The molecule has 140 valence electrons. The van der Waals surface area contributed by atoms with Crippen LogP contribution in [0.3, 0.4) is 0 Å². The Hall–Kier alpha value is -2.65. The van der Waals surface area contributed by atoms with E-state index in [1.807, 2.05) is 23.7 Å². The van der Waals surface area contributed by atoms with Gasteiger partial charge in [0.25, 0.3) is 16.0 Å². The number of hydrazone groups is 1. The first-order valence-electron chi connectivity index (χ1n) is 7.88. The summed E-state index contributed by atoms with van der Waals surface area (Å²) in [4.78, 5) is 12.4. The van der Waals surface area contributed by atoms with Crippen molar-refractivity contribution in [3.63, 3.8) is 0 Å². The molecule has 0 radical (unpaired) electrons. The van der Waals surface area contributed by atoms with Gasteiger partial charge in [-0.2, -0.15) is 13.5 Å². The van der Waals surface area contributed by atoms with Crippen molar-refractivity contribution in [2.75, 3.05) is 6.26 Å². The van der Waals surface area contributed by atoms with E-state index in [0.717, 1.165) is 46.9 Å². The lowest BCUT2D eigenvalue weighted by Gasteiger charge is -2.07. The molecule has 0 spiro atoms. The molecule has 0 aliphatic heterocycles. The number of aromatic nitrogens is 1. The molecule has 9 heteroatoms. The molecular weight excluding hydrogens is 356 g/mol. The number of nitrogens with zero attached hydrogens (tertiary/aromatic N) is 2. The lowest BCUT2D eigenvalue weighted by atomic mass is 10.0. The van der Waals surface area contributed by atoms with Crippen LogP contribution in [0.25, 0.3) is 16.5 Å². The zero-order chi connectivity index (χ0) is 19.5. The first-order chi connectivity index (χ1) is 12.1. The molecule has 3 rings (SSSR count). The summed E-state index contributed by atoms with van der Waals surface area (Å²) in [5.74, 6) is 4.87. The van der Waals surface area contributed by atoms with Crippen molar-refractivity contribution in [2.24, 2.45) is 18.0 Å². The highest BCUT2D eigenvalue weighted by Gasteiger charge is 2.24. The van der Waals surface area contributed by atoms with Gasteiger partial charge in [-0.25, -0.2) is 0 Å². The molecule has 0 fully saturated rings. The number of hydrogen-bond acceptors (Lipinski definition) is 5. The molecule has 8 nitrogen and oxygen atoms in total. The van der Waals surface area contributed by atoms with Gasteiger partial charge in [0, 0.05) is 18.0 Å². The van der Waals surface area contributed by atoms with Crippen LogP contribution in [-0.4, -0.2) is 36.0 Å². The second-order valence-electron chi connectivity index (χ2n) is 6.03. The Kier molecular flexibility index (Phi) is 5.83. The van der Waals surface area contributed by atoms with Gasteiger partial charge in [0.15, 0.2) is 0 Å². The quantitative estimate of drug-likeness (QED) is 0.241. The van der Waals surface area contributed by atoms with Crippen LogP contribution in [0, 0.1) is 0 Å². The first kappa shape index (κ1) is 19.7. The summed E-state index contributed by atoms with van der Waals surface area (Å²) in [7, 11) is -1.76. The highest BCUT2D eigenvalue weighted by molar-refractivity contribution is 7.85. The summed E-state index contributed by atoms with van der Waals surface area (Å²) < 4.78 is 27.8. The molecule has 1 aliphatic carbocycles. The molecule has 0 atom stereocenters. The van der Waals surface area contributed by atoms with E-state index in [2.05, 4.69) is 23.1 Å². The summed E-state index contributed by atoms with van der Waals surface area (Å²) in [6.45, 7) is 4.18. The Morgan fingerprint density at radius 3 is 2.69 bits per heavy atom. The lowest BCUT2D eigenvalue weighted by Crippen LogP contribution is -2.25. The Balaban J connectivity index is 0.000000431. The first-order valence-corrected chi connectivity index (χ1v) is 9.73. The molecule has 26 heavy (non-hydrogen) atoms. The van der Waals surface area contributed by atoms with E-state index in [4.69, 9.17) is 10.4 Å². The highest BCUT2D eigenvalue weighted by Crippen LogP contribution is 2.37. The van der Waals surface area contributed by atoms with Crippen molar-refractivity contribution in [2.45, 2.75) is 19.3 Å². The summed E-state index contributed by atoms with van der Waals surface area (Å²) in [5.41, 5.74) is 5.11. The SMILES string of the molecule is C=C1CCCc2c(C(=O)NC=NN)n(C)c3cccc1c23.CS(=O)(=O)O. The number of allylic oxidation sites excluding steroid dienone is 1. The van der Waals surface area contributed by atoms with Gasteiger partial charge in [-0.05, 0) is 42.0 Å². The van der Waals surface area contributed by atoms with E-state index in [9.17, 15) is 13.2 Å². The van der Waals surface area contributed by atoms with E-state index in [1.165, 1.54) is 6.34 Å². The van der Waals surface area contributed by atoms with Gasteiger partial charge in [0.2, 0.25) is 0 Å². The highest BCUT2D eigenvalue weighted by atomic mass is 32.2. The van der Waals surface area contributed by atoms with Crippen LogP contribution in [0.1, 0.15) is 34.5 Å². The van der Waals surface area contributed by atoms with Gasteiger partial charge in [-0.15, -0.1) is 0 Å². The molecule has 1 heterocycles. The molecule has 1 amide bonds. The normalized spacial score (nSPS) is 14.0. The van der Waals surface area contributed by atoms with Crippen LogP contribution < -0.4 is 11.2 Å². The Morgan fingerprint density at radius 1 is 1.42 bits per heavy atom.